The van der Waals surface area contributed by atoms with Crippen LogP contribution in [-0.4, -0.2) is 17.2 Å². The van der Waals surface area contributed by atoms with Crippen LogP contribution in [0.5, 0.6) is 0 Å². The average Bonchev–Trinajstić information content (AvgIpc) is 1.98. The summed E-state index contributed by atoms with van der Waals surface area (Å²) in [6.07, 6.45) is 6.55. The van der Waals surface area contributed by atoms with E-state index in [1.165, 1.54) is 11.8 Å². The molecule has 0 saturated carbocycles. The minimum Gasteiger partial charge on any atom is -0.351 e. The maximum atomic E-state index is 11.6. The lowest BCUT2D eigenvalue weighted by atomic mass is 9.82. The molecule has 0 heterocycles. The van der Waals surface area contributed by atoms with Gasteiger partial charge >= 0.3 is 0 Å². The quantitative estimate of drug-likeness (QED) is 0.592. The van der Waals surface area contributed by atoms with Gasteiger partial charge in [-0.2, -0.15) is 0 Å². The molecule has 2 nitrogen and oxygen atoms in total. The molecule has 0 aromatic carbocycles. The molecule has 0 aliphatic carbocycles. The lowest BCUT2D eigenvalue weighted by molar-refractivity contribution is -0.122. The first kappa shape index (κ1) is 15.4. The Morgan fingerprint density at radius 1 is 1.31 bits per heavy atom. The molecule has 16 heavy (non-hydrogen) atoms. The van der Waals surface area contributed by atoms with Crippen LogP contribution in [0.2, 0.25) is 0 Å². The van der Waals surface area contributed by atoms with Gasteiger partial charge in [-0.1, -0.05) is 32.5 Å². The molecule has 0 bridgehead atoms. The van der Waals surface area contributed by atoms with Crippen molar-refractivity contribution in [3.63, 3.8) is 0 Å². The predicted octanol–water partition coefficient (Wildman–Crippen LogP) is 3.03. The second kappa shape index (κ2) is 6.20. The number of hydrogen-bond acceptors (Lipinski definition) is 2. The molecule has 92 valence electrons. The van der Waals surface area contributed by atoms with Crippen LogP contribution in [-0.2, 0) is 4.79 Å². The summed E-state index contributed by atoms with van der Waals surface area (Å²) in [5, 5.41) is 5.51. The van der Waals surface area contributed by atoms with Gasteiger partial charge in [0.05, 0.1) is 0 Å². The Labute approximate surface area is 104 Å². The van der Waals surface area contributed by atoms with E-state index < -0.39 is 0 Å². The van der Waals surface area contributed by atoms with E-state index in [2.05, 4.69) is 45.2 Å². The zero-order valence-corrected chi connectivity index (χ0v) is 11.8. The summed E-state index contributed by atoms with van der Waals surface area (Å²) in [7, 11) is 0. The molecule has 0 fully saturated rings. The molecule has 0 aliphatic heterocycles. The Bertz CT molecular complexity index is 271. The summed E-state index contributed by atoms with van der Waals surface area (Å²) in [6, 6.07) is 0. The molecule has 0 spiro atoms. The molecule has 0 radical (unpaired) electrons. The number of hydrogen-bond donors (Lipinski definition) is 1. The normalized spacial score (nSPS) is 12.0. The highest BCUT2D eigenvalue weighted by Crippen LogP contribution is 2.26. The highest BCUT2D eigenvalue weighted by atomic mass is 32.2. The first-order valence-electron chi connectivity index (χ1n) is 5.55. The van der Waals surface area contributed by atoms with E-state index in [-0.39, 0.29) is 16.9 Å². The summed E-state index contributed by atoms with van der Waals surface area (Å²) in [4.78, 5) is 11.6. The van der Waals surface area contributed by atoms with E-state index in [9.17, 15) is 4.79 Å². The Kier molecular flexibility index (Phi) is 5.96. The van der Waals surface area contributed by atoms with E-state index in [4.69, 9.17) is 6.42 Å². The molecule has 1 N–H and O–H groups in total. The lowest BCUT2D eigenvalue weighted by Gasteiger charge is -2.33. The summed E-state index contributed by atoms with van der Waals surface area (Å²) < 4.78 is 0. The molecule has 0 aliphatic rings. The third-order valence-electron chi connectivity index (χ3n) is 1.96. The molecule has 0 saturated heterocycles. The van der Waals surface area contributed by atoms with Crippen molar-refractivity contribution in [2.45, 2.75) is 53.0 Å². The fourth-order valence-corrected chi connectivity index (χ4v) is 2.42. The van der Waals surface area contributed by atoms with E-state index in [0.29, 0.717) is 12.2 Å². The summed E-state index contributed by atoms with van der Waals surface area (Å²) in [5.74, 6) is 0.769. The molecule has 0 aromatic rings. The van der Waals surface area contributed by atoms with Crippen molar-refractivity contribution < 1.29 is 4.79 Å². The number of nitrogens with one attached hydrogen (secondary N) is 1. The van der Waals surface area contributed by atoms with Crippen LogP contribution in [0.3, 0.4) is 0 Å². The third kappa shape index (κ3) is 8.67. The van der Waals surface area contributed by atoms with Crippen LogP contribution >= 0.6 is 11.8 Å². The fourth-order valence-electron chi connectivity index (χ4n) is 2.01. The number of terminal acetylenes is 1. The van der Waals surface area contributed by atoms with Crippen molar-refractivity contribution in [1.82, 2.24) is 5.32 Å². The molecular formula is C13H23NOS. The SMILES string of the molecule is C#CSCCC(=O)NC(C)(C)CC(C)(C)C. The number of carbonyl (C=O) groups is 1. The van der Waals surface area contributed by atoms with Gasteiger partial charge in [0.25, 0.3) is 0 Å². The number of rotatable bonds is 5. The topological polar surface area (TPSA) is 29.1 Å². The van der Waals surface area contributed by atoms with Gasteiger partial charge in [0.15, 0.2) is 0 Å². The van der Waals surface area contributed by atoms with Crippen molar-refractivity contribution in [3.05, 3.63) is 0 Å². The van der Waals surface area contributed by atoms with Gasteiger partial charge in [0.1, 0.15) is 0 Å². The zero-order chi connectivity index (χ0) is 12.8. The van der Waals surface area contributed by atoms with Crippen LogP contribution in [0, 0.1) is 17.1 Å². The second-order valence-electron chi connectivity index (χ2n) is 5.89. The minimum atomic E-state index is -0.157. The van der Waals surface area contributed by atoms with Gasteiger partial charge in [-0.3, -0.25) is 4.79 Å². The Balaban J connectivity index is 4.06. The lowest BCUT2D eigenvalue weighted by Crippen LogP contribution is -2.45. The van der Waals surface area contributed by atoms with Crippen LogP contribution in [0.4, 0.5) is 0 Å². The van der Waals surface area contributed by atoms with E-state index in [1.54, 1.807) is 0 Å². The molecular weight excluding hydrogens is 218 g/mol. The van der Waals surface area contributed by atoms with Gasteiger partial charge in [0, 0.05) is 17.7 Å². The first-order valence-corrected chi connectivity index (χ1v) is 6.53. The monoisotopic (exact) mass is 241 g/mol. The first-order chi connectivity index (χ1) is 7.16. The third-order valence-corrected chi connectivity index (χ3v) is 2.54. The second-order valence-corrected chi connectivity index (χ2v) is 6.82. The van der Waals surface area contributed by atoms with Gasteiger partial charge < -0.3 is 5.32 Å². The number of carbonyl (C=O) groups excluding carboxylic acids is 1. The van der Waals surface area contributed by atoms with Crippen LogP contribution < -0.4 is 5.32 Å². The molecule has 0 aromatic heterocycles. The molecule has 1 amide bonds. The van der Waals surface area contributed by atoms with Gasteiger partial charge in [-0.15, -0.1) is 6.42 Å². The van der Waals surface area contributed by atoms with Gasteiger partial charge in [-0.25, -0.2) is 0 Å². The predicted molar refractivity (Wildman–Crippen MR) is 72.2 cm³/mol. The number of amides is 1. The average molecular weight is 241 g/mol. The van der Waals surface area contributed by atoms with E-state index >= 15 is 0 Å². The standard InChI is InChI=1S/C13H23NOS/c1-7-16-9-8-11(15)14-13(5,6)10-12(2,3)4/h1H,8-10H2,2-6H3,(H,14,15). The highest BCUT2D eigenvalue weighted by molar-refractivity contribution is 8.03. The Morgan fingerprint density at radius 2 is 1.88 bits per heavy atom. The Hall–Kier alpha value is -0.620. The van der Waals surface area contributed by atoms with Crippen molar-refractivity contribution in [2.24, 2.45) is 5.41 Å². The molecule has 3 heteroatoms. The van der Waals surface area contributed by atoms with Crippen LogP contribution in [0.15, 0.2) is 0 Å². The fraction of sp³-hybridized carbons (Fsp3) is 0.769. The largest absolute Gasteiger partial charge is 0.351 e. The van der Waals surface area contributed by atoms with Crippen molar-refractivity contribution in [2.75, 3.05) is 5.75 Å². The molecule has 0 rings (SSSR count). The van der Waals surface area contributed by atoms with Crippen LogP contribution in [0.1, 0.15) is 47.5 Å². The van der Waals surface area contributed by atoms with Gasteiger partial charge in [-0.05, 0) is 30.9 Å². The number of thioether (sulfide) groups is 1. The minimum absolute atomic E-state index is 0.0806. The van der Waals surface area contributed by atoms with E-state index in [0.717, 1.165) is 6.42 Å². The molecule has 0 unspecified atom stereocenters. The zero-order valence-electron chi connectivity index (χ0n) is 11.0. The summed E-state index contributed by atoms with van der Waals surface area (Å²) in [5.41, 5.74) is 0.0560. The maximum Gasteiger partial charge on any atom is 0.221 e. The highest BCUT2D eigenvalue weighted by Gasteiger charge is 2.26. The maximum absolute atomic E-state index is 11.6. The summed E-state index contributed by atoms with van der Waals surface area (Å²) >= 11 is 1.34. The van der Waals surface area contributed by atoms with Crippen molar-refractivity contribution >= 4 is 17.7 Å². The summed E-state index contributed by atoms with van der Waals surface area (Å²) in [6.45, 7) is 10.6. The Morgan fingerprint density at radius 3 is 2.31 bits per heavy atom. The van der Waals surface area contributed by atoms with Crippen molar-refractivity contribution in [3.8, 4) is 11.7 Å². The molecule has 0 atom stereocenters. The van der Waals surface area contributed by atoms with E-state index in [1.807, 2.05) is 0 Å². The van der Waals surface area contributed by atoms with Gasteiger partial charge in [0.2, 0.25) is 5.91 Å². The smallest absolute Gasteiger partial charge is 0.221 e. The van der Waals surface area contributed by atoms with Crippen LogP contribution in [0.25, 0.3) is 0 Å². The van der Waals surface area contributed by atoms with Crippen molar-refractivity contribution in [1.29, 1.82) is 0 Å².